The Balaban J connectivity index is 1.67. The van der Waals surface area contributed by atoms with E-state index in [2.05, 4.69) is 5.32 Å². The fourth-order valence-electron chi connectivity index (χ4n) is 2.24. The van der Waals surface area contributed by atoms with E-state index in [0.29, 0.717) is 6.42 Å². The topological polar surface area (TPSA) is 64.6 Å². The first-order valence-electron chi connectivity index (χ1n) is 7.85. The molecule has 1 aliphatic rings. The summed E-state index contributed by atoms with van der Waals surface area (Å²) in [6.07, 6.45) is 3.17. The van der Waals surface area contributed by atoms with Crippen LogP contribution in [0.4, 0.5) is 4.79 Å². The third-order valence-corrected chi connectivity index (χ3v) is 3.74. The quantitative estimate of drug-likeness (QED) is 0.786. The smallest absolute Gasteiger partial charge is 0.407 e. The minimum Gasteiger partial charge on any atom is -0.460 e. The summed E-state index contributed by atoms with van der Waals surface area (Å²) in [5.74, 6) is -0.184. The van der Waals surface area contributed by atoms with Gasteiger partial charge in [-0.15, -0.1) is 0 Å². The van der Waals surface area contributed by atoms with Gasteiger partial charge in [-0.05, 0) is 24.8 Å². The van der Waals surface area contributed by atoms with Gasteiger partial charge in [-0.3, -0.25) is 4.79 Å². The molecule has 120 valence electrons. The number of nitrogens with one attached hydrogen (secondary N) is 1. The van der Waals surface area contributed by atoms with Crippen LogP contribution in [0.3, 0.4) is 0 Å². The molecule has 0 radical (unpaired) electrons. The molecule has 5 nitrogen and oxygen atoms in total. The molecular formula is C17H23NO4. The second-order valence-electron chi connectivity index (χ2n) is 5.52. The zero-order chi connectivity index (χ0) is 15.8. The van der Waals surface area contributed by atoms with E-state index in [1.807, 2.05) is 37.3 Å². The van der Waals surface area contributed by atoms with Gasteiger partial charge in [0, 0.05) is 6.42 Å². The van der Waals surface area contributed by atoms with Crippen LogP contribution in [0.5, 0.6) is 0 Å². The SMILES string of the molecule is CCCCC(=O)OC1CCC1NC(=O)OCc1ccccc1. The molecule has 0 saturated heterocycles. The van der Waals surface area contributed by atoms with Crippen molar-refractivity contribution >= 4 is 12.1 Å². The zero-order valence-corrected chi connectivity index (χ0v) is 12.9. The average Bonchev–Trinajstić information content (AvgIpc) is 2.53. The predicted octanol–water partition coefficient (Wildman–Crippen LogP) is 3.18. The summed E-state index contributed by atoms with van der Waals surface area (Å²) in [6.45, 7) is 2.27. The van der Waals surface area contributed by atoms with E-state index in [0.717, 1.165) is 31.2 Å². The molecule has 0 aliphatic heterocycles. The van der Waals surface area contributed by atoms with Crippen LogP contribution in [-0.2, 0) is 20.9 Å². The van der Waals surface area contributed by atoms with Crippen molar-refractivity contribution in [3.05, 3.63) is 35.9 Å². The molecule has 0 heterocycles. The number of rotatable bonds is 7. The van der Waals surface area contributed by atoms with Gasteiger partial charge in [0.1, 0.15) is 12.7 Å². The van der Waals surface area contributed by atoms with Gasteiger partial charge >= 0.3 is 12.1 Å². The summed E-state index contributed by atoms with van der Waals surface area (Å²) >= 11 is 0. The van der Waals surface area contributed by atoms with E-state index < -0.39 is 6.09 Å². The molecule has 2 unspecified atom stereocenters. The van der Waals surface area contributed by atoms with Gasteiger partial charge in [0.05, 0.1) is 6.04 Å². The van der Waals surface area contributed by atoms with Gasteiger partial charge < -0.3 is 14.8 Å². The highest BCUT2D eigenvalue weighted by molar-refractivity contribution is 5.70. The molecule has 1 N–H and O–H groups in total. The third kappa shape index (κ3) is 5.06. The summed E-state index contributed by atoms with van der Waals surface area (Å²) in [4.78, 5) is 23.3. The summed E-state index contributed by atoms with van der Waals surface area (Å²) in [7, 11) is 0. The average molecular weight is 305 g/mol. The lowest BCUT2D eigenvalue weighted by Gasteiger charge is -2.35. The lowest BCUT2D eigenvalue weighted by molar-refractivity contribution is -0.155. The van der Waals surface area contributed by atoms with E-state index in [9.17, 15) is 9.59 Å². The van der Waals surface area contributed by atoms with Crippen molar-refractivity contribution in [1.29, 1.82) is 0 Å². The fraction of sp³-hybridized carbons (Fsp3) is 0.529. The van der Waals surface area contributed by atoms with Gasteiger partial charge in [0.25, 0.3) is 0 Å². The standard InChI is InChI=1S/C17H23NO4/c1-2-3-9-16(19)22-15-11-10-14(15)18-17(20)21-12-13-7-5-4-6-8-13/h4-8,14-15H,2-3,9-12H2,1H3,(H,18,20). The van der Waals surface area contributed by atoms with Crippen molar-refractivity contribution in [3.63, 3.8) is 0 Å². The van der Waals surface area contributed by atoms with Crippen LogP contribution >= 0.6 is 0 Å². The highest BCUT2D eigenvalue weighted by Crippen LogP contribution is 2.24. The molecule has 1 saturated carbocycles. The minimum atomic E-state index is -0.469. The number of alkyl carbamates (subject to hydrolysis) is 1. The molecule has 1 amide bonds. The van der Waals surface area contributed by atoms with Crippen molar-refractivity contribution in [2.75, 3.05) is 0 Å². The Kier molecular flexibility index (Phi) is 6.25. The van der Waals surface area contributed by atoms with Crippen molar-refractivity contribution in [2.24, 2.45) is 0 Å². The molecule has 1 aliphatic carbocycles. The van der Waals surface area contributed by atoms with Gasteiger partial charge in [0.15, 0.2) is 0 Å². The summed E-state index contributed by atoms with van der Waals surface area (Å²) in [5.41, 5.74) is 0.939. The number of hydrogen-bond acceptors (Lipinski definition) is 4. The number of unbranched alkanes of at least 4 members (excludes halogenated alkanes) is 1. The number of ether oxygens (including phenoxy) is 2. The van der Waals surface area contributed by atoms with Crippen LogP contribution in [0.15, 0.2) is 30.3 Å². The number of carbonyl (C=O) groups excluding carboxylic acids is 2. The maximum absolute atomic E-state index is 11.7. The van der Waals surface area contributed by atoms with E-state index in [1.54, 1.807) is 0 Å². The largest absolute Gasteiger partial charge is 0.460 e. The molecule has 1 fully saturated rings. The first-order chi connectivity index (χ1) is 10.7. The molecule has 22 heavy (non-hydrogen) atoms. The zero-order valence-electron chi connectivity index (χ0n) is 12.9. The Labute approximate surface area is 131 Å². The Morgan fingerprint density at radius 1 is 1.23 bits per heavy atom. The predicted molar refractivity (Wildman–Crippen MR) is 82.2 cm³/mol. The maximum Gasteiger partial charge on any atom is 0.407 e. The summed E-state index contributed by atoms with van der Waals surface area (Å²) in [6, 6.07) is 9.37. The third-order valence-electron chi connectivity index (χ3n) is 3.74. The number of esters is 1. The van der Waals surface area contributed by atoms with E-state index in [1.165, 1.54) is 0 Å². The molecule has 5 heteroatoms. The molecule has 2 rings (SSSR count). The van der Waals surface area contributed by atoms with Gasteiger partial charge in [0.2, 0.25) is 0 Å². The molecule has 0 bridgehead atoms. The molecule has 2 atom stereocenters. The van der Waals surface area contributed by atoms with Crippen molar-refractivity contribution in [3.8, 4) is 0 Å². The highest BCUT2D eigenvalue weighted by Gasteiger charge is 2.35. The van der Waals surface area contributed by atoms with Gasteiger partial charge in [-0.2, -0.15) is 0 Å². The number of benzene rings is 1. The lowest BCUT2D eigenvalue weighted by Crippen LogP contribution is -2.52. The molecule has 1 aromatic carbocycles. The van der Waals surface area contributed by atoms with Crippen molar-refractivity contribution in [2.45, 2.75) is 57.8 Å². The van der Waals surface area contributed by atoms with Crippen molar-refractivity contribution < 1.29 is 19.1 Å². The molecule has 0 spiro atoms. The summed E-state index contributed by atoms with van der Waals surface area (Å²) in [5, 5.41) is 2.76. The van der Waals surface area contributed by atoms with Crippen LogP contribution in [-0.4, -0.2) is 24.2 Å². The fourth-order valence-corrected chi connectivity index (χ4v) is 2.24. The molecular weight excluding hydrogens is 282 g/mol. The number of carbonyl (C=O) groups is 2. The van der Waals surface area contributed by atoms with E-state index >= 15 is 0 Å². The minimum absolute atomic E-state index is 0.131. The van der Waals surface area contributed by atoms with Crippen LogP contribution in [0.1, 0.15) is 44.6 Å². The van der Waals surface area contributed by atoms with Gasteiger partial charge in [-0.25, -0.2) is 4.79 Å². The Bertz CT molecular complexity index is 489. The second kappa shape index (κ2) is 8.41. The number of amides is 1. The van der Waals surface area contributed by atoms with Gasteiger partial charge in [-0.1, -0.05) is 43.7 Å². The first kappa shape index (κ1) is 16.3. The Morgan fingerprint density at radius 2 is 2.00 bits per heavy atom. The normalized spacial score (nSPS) is 19.9. The maximum atomic E-state index is 11.7. The van der Waals surface area contributed by atoms with Crippen LogP contribution in [0, 0.1) is 0 Å². The lowest BCUT2D eigenvalue weighted by atomic mass is 9.89. The molecule has 1 aromatic rings. The Morgan fingerprint density at radius 3 is 2.64 bits per heavy atom. The van der Waals surface area contributed by atoms with E-state index in [-0.39, 0.29) is 24.7 Å². The first-order valence-corrected chi connectivity index (χ1v) is 7.85. The van der Waals surface area contributed by atoms with Crippen LogP contribution < -0.4 is 5.32 Å². The monoisotopic (exact) mass is 305 g/mol. The second-order valence-corrected chi connectivity index (χ2v) is 5.52. The highest BCUT2D eigenvalue weighted by atomic mass is 16.6. The van der Waals surface area contributed by atoms with Crippen LogP contribution in [0.25, 0.3) is 0 Å². The van der Waals surface area contributed by atoms with Crippen molar-refractivity contribution in [1.82, 2.24) is 5.32 Å². The van der Waals surface area contributed by atoms with Crippen LogP contribution in [0.2, 0.25) is 0 Å². The van der Waals surface area contributed by atoms with E-state index in [4.69, 9.17) is 9.47 Å². The molecule has 0 aromatic heterocycles. The number of hydrogen-bond donors (Lipinski definition) is 1. The Hall–Kier alpha value is -2.04. The summed E-state index contributed by atoms with van der Waals surface area (Å²) < 4.78 is 10.5.